The van der Waals surface area contributed by atoms with Crippen LogP contribution in [0.5, 0.6) is 0 Å². The Morgan fingerprint density at radius 3 is 2.70 bits per heavy atom. The van der Waals surface area contributed by atoms with Gasteiger partial charge in [0.25, 0.3) is 5.91 Å². The number of hydrogen-bond acceptors (Lipinski definition) is 6. The maximum Gasteiger partial charge on any atom is 0.272 e. The number of carbonyl (C=O) groups excluding carboxylic acids is 1. The molecule has 1 aromatic carbocycles. The smallest absolute Gasteiger partial charge is 0.272 e. The van der Waals surface area contributed by atoms with Crippen LogP contribution in [0.4, 0.5) is 4.39 Å². The summed E-state index contributed by atoms with van der Waals surface area (Å²) in [5.74, 6) is 0.553. The van der Waals surface area contributed by atoms with Gasteiger partial charge in [-0.2, -0.15) is 10.1 Å². The summed E-state index contributed by atoms with van der Waals surface area (Å²) in [4.78, 5) is 23.1. The van der Waals surface area contributed by atoms with Crippen molar-refractivity contribution in [2.45, 2.75) is 5.92 Å². The van der Waals surface area contributed by atoms with E-state index in [1.807, 2.05) is 12.1 Å². The van der Waals surface area contributed by atoms with Crippen molar-refractivity contribution in [3.8, 4) is 22.6 Å². The van der Waals surface area contributed by atoms with E-state index < -0.39 is 0 Å². The molecule has 30 heavy (non-hydrogen) atoms. The first kappa shape index (κ1) is 18.2. The number of benzene rings is 1. The topological polar surface area (TPSA) is 89.9 Å². The Morgan fingerprint density at radius 1 is 1.17 bits per heavy atom. The number of amides is 1. The van der Waals surface area contributed by atoms with E-state index in [0.717, 1.165) is 11.1 Å². The number of likely N-dealkylation sites (tertiary alicyclic amines) is 1. The number of aryl methyl sites for hydroxylation is 1. The van der Waals surface area contributed by atoms with E-state index in [9.17, 15) is 9.18 Å². The van der Waals surface area contributed by atoms with E-state index >= 15 is 0 Å². The van der Waals surface area contributed by atoms with Gasteiger partial charge >= 0.3 is 0 Å². The predicted octanol–water partition coefficient (Wildman–Crippen LogP) is 2.91. The molecule has 3 aromatic heterocycles. The van der Waals surface area contributed by atoms with Crippen LogP contribution in [0.3, 0.4) is 0 Å². The molecule has 0 atom stereocenters. The van der Waals surface area contributed by atoms with E-state index in [2.05, 4.69) is 20.2 Å². The lowest BCUT2D eigenvalue weighted by atomic mass is 9.99. The second-order valence-corrected chi connectivity index (χ2v) is 7.15. The number of halogens is 1. The second-order valence-electron chi connectivity index (χ2n) is 7.15. The van der Waals surface area contributed by atoms with Crippen LogP contribution >= 0.6 is 0 Å². The Balaban J connectivity index is 1.27. The average molecular weight is 404 g/mol. The SMILES string of the molecule is Cn1nc(-c2ccc(F)cc2)cc1C(=O)N1CC(c2nc(-c3cccnc3)no2)C1. The quantitative estimate of drug-likeness (QED) is 0.520. The Kier molecular flexibility index (Phi) is 4.35. The van der Waals surface area contributed by atoms with Crippen molar-refractivity contribution in [3.63, 3.8) is 0 Å². The van der Waals surface area contributed by atoms with Crippen LogP contribution in [-0.4, -0.2) is 48.8 Å². The first-order chi connectivity index (χ1) is 14.6. The molecule has 0 spiro atoms. The minimum Gasteiger partial charge on any atom is -0.339 e. The number of carbonyl (C=O) groups is 1. The zero-order valence-electron chi connectivity index (χ0n) is 16.1. The van der Waals surface area contributed by atoms with Crippen molar-refractivity contribution >= 4 is 5.91 Å². The Labute approximate surface area is 171 Å². The monoisotopic (exact) mass is 404 g/mol. The highest BCUT2D eigenvalue weighted by Gasteiger charge is 2.37. The lowest BCUT2D eigenvalue weighted by molar-refractivity contribution is 0.0558. The van der Waals surface area contributed by atoms with Crippen molar-refractivity contribution in [2.75, 3.05) is 13.1 Å². The van der Waals surface area contributed by atoms with Crippen molar-refractivity contribution in [1.29, 1.82) is 0 Å². The molecular weight excluding hydrogens is 387 g/mol. The van der Waals surface area contributed by atoms with Crippen LogP contribution in [-0.2, 0) is 7.05 Å². The first-order valence-electron chi connectivity index (χ1n) is 9.42. The molecule has 9 heteroatoms. The van der Waals surface area contributed by atoms with E-state index in [-0.39, 0.29) is 17.6 Å². The standard InChI is InChI=1S/C21H17FN6O2/c1-27-18(9-17(25-27)13-4-6-16(22)7-5-13)21(29)28-11-15(12-28)20-24-19(26-30-20)14-3-2-8-23-10-14/h2-10,15H,11-12H2,1H3. The lowest BCUT2D eigenvalue weighted by Crippen LogP contribution is -2.49. The molecule has 0 unspecified atom stereocenters. The fourth-order valence-electron chi connectivity index (χ4n) is 3.41. The number of hydrogen-bond donors (Lipinski definition) is 0. The molecule has 0 aliphatic carbocycles. The molecule has 0 saturated carbocycles. The maximum absolute atomic E-state index is 13.1. The summed E-state index contributed by atoms with van der Waals surface area (Å²) in [6, 6.07) is 11.4. The molecule has 0 radical (unpaired) electrons. The minimum absolute atomic E-state index is 0.00309. The van der Waals surface area contributed by atoms with Gasteiger partial charge in [-0.15, -0.1) is 0 Å². The van der Waals surface area contributed by atoms with Gasteiger partial charge in [0.05, 0.1) is 11.6 Å². The molecule has 4 heterocycles. The number of aromatic nitrogens is 5. The van der Waals surface area contributed by atoms with Gasteiger partial charge in [0.15, 0.2) is 0 Å². The summed E-state index contributed by atoms with van der Waals surface area (Å²) >= 11 is 0. The largest absolute Gasteiger partial charge is 0.339 e. The molecule has 1 aliphatic heterocycles. The predicted molar refractivity (Wildman–Crippen MR) is 105 cm³/mol. The Bertz CT molecular complexity index is 1200. The van der Waals surface area contributed by atoms with E-state index in [1.165, 1.54) is 12.1 Å². The summed E-state index contributed by atoms with van der Waals surface area (Å²) in [6.07, 6.45) is 3.35. The van der Waals surface area contributed by atoms with Gasteiger partial charge in [-0.25, -0.2) is 4.39 Å². The van der Waals surface area contributed by atoms with Crippen molar-refractivity contribution < 1.29 is 13.7 Å². The Hall–Kier alpha value is -3.88. The van der Waals surface area contributed by atoms with Crippen LogP contribution in [0.2, 0.25) is 0 Å². The second kappa shape index (κ2) is 7.18. The third-order valence-electron chi connectivity index (χ3n) is 5.12. The van der Waals surface area contributed by atoms with E-state index in [4.69, 9.17) is 4.52 Å². The summed E-state index contributed by atoms with van der Waals surface area (Å²) < 4.78 is 20.1. The number of nitrogens with zero attached hydrogens (tertiary/aromatic N) is 6. The van der Waals surface area contributed by atoms with Gasteiger partial charge < -0.3 is 9.42 Å². The molecular formula is C21H17FN6O2. The molecule has 0 N–H and O–H groups in total. The van der Waals surface area contributed by atoms with Gasteiger partial charge in [-0.05, 0) is 42.5 Å². The molecule has 8 nitrogen and oxygen atoms in total. The summed E-state index contributed by atoms with van der Waals surface area (Å²) in [5.41, 5.74) is 2.62. The third-order valence-corrected chi connectivity index (χ3v) is 5.12. The van der Waals surface area contributed by atoms with Crippen LogP contribution in [0, 0.1) is 5.82 Å². The molecule has 0 bridgehead atoms. The summed E-state index contributed by atoms with van der Waals surface area (Å²) in [6.45, 7) is 0.981. The average Bonchev–Trinajstić information content (AvgIpc) is 3.35. The fourth-order valence-corrected chi connectivity index (χ4v) is 3.41. The lowest BCUT2D eigenvalue weighted by Gasteiger charge is -2.36. The van der Waals surface area contributed by atoms with Gasteiger partial charge in [0.2, 0.25) is 11.7 Å². The van der Waals surface area contributed by atoms with Crippen LogP contribution in [0.25, 0.3) is 22.6 Å². The number of rotatable bonds is 4. The molecule has 4 aromatic rings. The Morgan fingerprint density at radius 2 is 1.97 bits per heavy atom. The van der Waals surface area contributed by atoms with Crippen molar-refractivity contribution in [1.82, 2.24) is 29.8 Å². The van der Waals surface area contributed by atoms with E-state index in [1.54, 1.807) is 47.2 Å². The van der Waals surface area contributed by atoms with Gasteiger partial charge in [0.1, 0.15) is 11.5 Å². The molecule has 1 amide bonds. The minimum atomic E-state index is -0.315. The first-order valence-corrected chi connectivity index (χ1v) is 9.42. The third kappa shape index (κ3) is 3.24. The maximum atomic E-state index is 13.1. The molecule has 1 fully saturated rings. The zero-order valence-corrected chi connectivity index (χ0v) is 16.1. The van der Waals surface area contributed by atoms with Gasteiger partial charge in [-0.1, -0.05) is 5.16 Å². The number of pyridine rings is 1. The molecule has 1 saturated heterocycles. The van der Waals surface area contributed by atoms with Gasteiger partial charge in [-0.3, -0.25) is 14.5 Å². The van der Waals surface area contributed by atoms with Gasteiger partial charge in [0, 0.05) is 43.7 Å². The highest BCUT2D eigenvalue weighted by Crippen LogP contribution is 2.29. The molecule has 150 valence electrons. The normalized spacial score (nSPS) is 14.0. The van der Waals surface area contributed by atoms with E-state index in [0.29, 0.717) is 36.2 Å². The van der Waals surface area contributed by atoms with Crippen molar-refractivity contribution in [2.24, 2.45) is 7.05 Å². The van der Waals surface area contributed by atoms with Crippen LogP contribution in [0.1, 0.15) is 22.3 Å². The zero-order chi connectivity index (χ0) is 20.7. The summed E-state index contributed by atoms with van der Waals surface area (Å²) in [5, 5.41) is 8.39. The summed E-state index contributed by atoms with van der Waals surface area (Å²) in [7, 11) is 1.72. The molecule has 5 rings (SSSR count). The van der Waals surface area contributed by atoms with Crippen molar-refractivity contribution in [3.05, 3.63) is 72.3 Å². The highest BCUT2D eigenvalue weighted by molar-refractivity contribution is 5.94. The molecule has 1 aliphatic rings. The highest BCUT2D eigenvalue weighted by atomic mass is 19.1. The van der Waals surface area contributed by atoms with Crippen LogP contribution in [0.15, 0.2) is 59.4 Å². The van der Waals surface area contributed by atoms with Crippen LogP contribution < -0.4 is 0 Å². The fraction of sp³-hybridized carbons (Fsp3) is 0.190.